The number of aromatic nitrogens is 2. The smallest absolute Gasteiger partial charge is 0.122 e. The fourth-order valence-electron chi connectivity index (χ4n) is 2.17. The Morgan fingerprint density at radius 2 is 2.44 bits per heavy atom. The van der Waals surface area contributed by atoms with Crippen LogP contribution in [0.4, 0.5) is 0 Å². The SMILES string of the molecule is CCCn1ccnc1CNC1CC=CCC1. The third kappa shape index (κ3) is 2.95. The molecule has 0 fully saturated rings. The summed E-state index contributed by atoms with van der Waals surface area (Å²) < 4.78 is 2.24. The molecule has 0 aromatic carbocycles. The van der Waals surface area contributed by atoms with Crippen molar-refractivity contribution in [3.8, 4) is 0 Å². The third-order valence-corrected chi connectivity index (χ3v) is 3.08. The Morgan fingerprint density at radius 3 is 3.19 bits per heavy atom. The lowest BCUT2D eigenvalue weighted by Crippen LogP contribution is -2.30. The summed E-state index contributed by atoms with van der Waals surface area (Å²) in [6, 6.07) is 0.636. The quantitative estimate of drug-likeness (QED) is 0.771. The van der Waals surface area contributed by atoms with Crippen LogP contribution in [0, 0.1) is 0 Å². The molecule has 1 aliphatic rings. The van der Waals surface area contributed by atoms with Crippen LogP contribution in [0.3, 0.4) is 0 Å². The summed E-state index contributed by atoms with van der Waals surface area (Å²) in [7, 11) is 0. The fraction of sp³-hybridized carbons (Fsp3) is 0.615. The first-order chi connectivity index (χ1) is 7.90. The molecule has 0 spiro atoms. The van der Waals surface area contributed by atoms with E-state index >= 15 is 0 Å². The average molecular weight is 219 g/mol. The number of aryl methyl sites for hydroxylation is 1. The topological polar surface area (TPSA) is 29.9 Å². The minimum atomic E-state index is 0.636. The molecule has 3 heteroatoms. The van der Waals surface area contributed by atoms with Crippen LogP contribution in [0.25, 0.3) is 0 Å². The van der Waals surface area contributed by atoms with Crippen molar-refractivity contribution in [3.05, 3.63) is 30.4 Å². The predicted molar refractivity (Wildman–Crippen MR) is 66.1 cm³/mol. The summed E-state index contributed by atoms with van der Waals surface area (Å²) in [5.74, 6) is 1.16. The van der Waals surface area contributed by atoms with Crippen LogP contribution in [-0.4, -0.2) is 15.6 Å². The van der Waals surface area contributed by atoms with Crippen LogP contribution in [0.5, 0.6) is 0 Å². The van der Waals surface area contributed by atoms with Gasteiger partial charge in [-0.05, 0) is 25.7 Å². The van der Waals surface area contributed by atoms with Crippen molar-refractivity contribution in [2.24, 2.45) is 0 Å². The fourth-order valence-corrected chi connectivity index (χ4v) is 2.17. The Balaban J connectivity index is 1.84. The first-order valence-corrected chi connectivity index (χ1v) is 6.28. The highest BCUT2D eigenvalue weighted by Gasteiger charge is 2.10. The van der Waals surface area contributed by atoms with Gasteiger partial charge in [0.05, 0.1) is 6.54 Å². The molecule has 0 saturated carbocycles. The standard InChI is InChI=1S/C13H21N3/c1-2-9-16-10-8-14-13(16)11-15-12-6-4-3-5-7-12/h3-4,8,10,12,15H,2,5-7,9,11H2,1H3. The highest BCUT2D eigenvalue weighted by molar-refractivity contribution is 4.96. The van der Waals surface area contributed by atoms with Crippen molar-refractivity contribution in [1.82, 2.24) is 14.9 Å². The Morgan fingerprint density at radius 1 is 1.50 bits per heavy atom. The summed E-state index contributed by atoms with van der Waals surface area (Å²) >= 11 is 0. The second kappa shape index (κ2) is 5.85. The second-order valence-electron chi connectivity index (χ2n) is 4.40. The van der Waals surface area contributed by atoms with E-state index < -0.39 is 0 Å². The van der Waals surface area contributed by atoms with E-state index in [1.54, 1.807) is 0 Å². The van der Waals surface area contributed by atoms with E-state index in [0.29, 0.717) is 6.04 Å². The molecule has 1 aliphatic carbocycles. The molecule has 1 aromatic heterocycles. The lowest BCUT2D eigenvalue weighted by atomic mass is 10.0. The zero-order valence-corrected chi connectivity index (χ0v) is 10.0. The maximum absolute atomic E-state index is 4.40. The Labute approximate surface area is 97.6 Å². The molecule has 1 N–H and O–H groups in total. The zero-order chi connectivity index (χ0) is 11.2. The average Bonchev–Trinajstić information content (AvgIpc) is 2.76. The minimum Gasteiger partial charge on any atom is -0.334 e. The van der Waals surface area contributed by atoms with Gasteiger partial charge in [0.25, 0.3) is 0 Å². The number of rotatable bonds is 5. The third-order valence-electron chi connectivity index (χ3n) is 3.08. The molecule has 88 valence electrons. The van der Waals surface area contributed by atoms with E-state index in [1.165, 1.54) is 12.8 Å². The van der Waals surface area contributed by atoms with Crippen molar-refractivity contribution < 1.29 is 0 Å². The molecular weight excluding hydrogens is 198 g/mol. The molecule has 0 amide bonds. The normalized spacial score (nSPS) is 20.2. The monoisotopic (exact) mass is 219 g/mol. The molecule has 1 unspecified atom stereocenters. The van der Waals surface area contributed by atoms with Gasteiger partial charge in [0.1, 0.15) is 5.82 Å². The van der Waals surface area contributed by atoms with Crippen LogP contribution in [0.2, 0.25) is 0 Å². The number of allylic oxidation sites excluding steroid dienone is 1. The van der Waals surface area contributed by atoms with Gasteiger partial charge in [-0.3, -0.25) is 0 Å². The van der Waals surface area contributed by atoms with E-state index in [0.717, 1.165) is 31.8 Å². The van der Waals surface area contributed by atoms with Crippen LogP contribution in [-0.2, 0) is 13.1 Å². The second-order valence-corrected chi connectivity index (χ2v) is 4.40. The first kappa shape index (κ1) is 11.4. The van der Waals surface area contributed by atoms with Crippen molar-refractivity contribution in [3.63, 3.8) is 0 Å². The number of imidazole rings is 1. The van der Waals surface area contributed by atoms with Crippen LogP contribution in [0.15, 0.2) is 24.5 Å². The van der Waals surface area contributed by atoms with E-state index in [1.807, 2.05) is 6.20 Å². The molecule has 0 radical (unpaired) electrons. The van der Waals surface area contributed by atoms with E-state index in [9.17, 15) is 0 Å². The first-order valence-electron chi connectivity index (χ1n) is 6.28. The summed E-state index contributed by atoms with van der Waals surface area (Å²) in [5, 5.41) is 3.59. The van der Waals surface area contributed by atoms with Gasteiger partial charge in [-0.15, -0.1) is 0 Å². The molecule has 2 rings (SSSR count). The van der Waals surface area contributed by atoms with Crippen LogP contribution >= 0.6 is 0 Å². The van der Waals surface area contributed by atoms with Gasteiger partial charge in [0.15, 0.2) is 0 Å². The summed E-state index contributed by atoms with van der Waals surface area (Å²) in [6.07, 6.45) is 13.3. The number of nitrogens with one attached hydrogen (secondary N) is 1. The highest BCUT2D eigenvalue weighted by Crippen LogP contribution is 2.11. The van der Waals surface area contributed by atoms with Gasteiger partial charge in [-0.25, -0.2) is 4.98 Å². The molecule has 1 heterocycles. The molecule has 1 atom stereocenters. The van der Waals surface area contributed by atoms with Gasteiger partial charge in [-0.1, -0.05) is 19.1 Å². The zero-order valence-electron chi connectivity index (χ0n) is 10.0. The molecule has 0 aliphatic heterocycles. The largest absolute Gasteiger partial charge is 0.334 e. The highest BCUT2D eigenvalue weighted by atomic mass is 15.1. The summed E-state index contributed by atoms with van der Waals surface area (Å²) in [6.45, 7) is 4.16. The van der Waals surface area contributed by atoms with Crippen molar-refractivity contribution in [1.29, 1.82) is 0 Å². The molecule has 16 heavy (non-hydrogen) atoms. The van der Waals surface area contributed by atoms with E-state index in [4.69, 9.17) is 0 Å². The van der Waals surface area contributed by atoms with Crippen molar-refractivity contribution >= 4 is 0 Å². The van der Waals surface area contributed by atoms with Gasteiger partial charge >= 0.3 is 0 Å². The van der Waals surface area contributed by atoms with Crippen molar-refractivity contribution in [2.75, 3.05) is 0 Å². The predicted octanol–water partition coefficient (Wildman–Crippen LogP) is 2.49. The number of hydrogen-bond donors (Lipinski definition) is 1. The maximum Gasteiger partial charge on any atom is 0.122 e. The molecule has 0 saturated heterocycles. The van der Waals surface area contributed by atoms with E-state index in [2.05, 4.69) is 40.1 Å². The lowest BCUT2D eigenvalue weighted by Gasteiger charge is -2.19. The summed E-state index contributed by atoms with van der Waals surface area (Å²) in [5.41, 5.74) is 0. The van der Waals surface area contributed by atoms with Crippen LogP contribution in [0.1, 0.15) is 38.4 Å². The van der Waals surface area contributed by atoms with Crippen LogP contribution < -0.4 is 5.32 Å². The Hall–Kier alpha value is -1.09. The van der Waals surface area contributed by atoms with Gasteiger partial charge in [-0.2, -0.15) is 0 Å². The van der Waals surface area contributed by atoms with Crippen molar-refractivity contribution in [2.45, 2.75) is 51.7 Å². The number of nitrogens with zero attached hydrogens (tertiary/aromatic N) is 2. The molecule has 3 nitrogen and oxygen atoms in total. The Kier molecular flexibility index (Phi) is 4.17. The van der Waals surface area contributed by atoms with E-state index in [-0.39, 0.29) is 0 Å². The minimum absolute atomic E-state index is 0.636. The summed E-state index contributed by atoms with van der Waals surface area (Å²) in [4.78, 5) is 4.40. The maximum atomic E-state index is 4.40. The molecular formula is C13H21N3. The lowest BCUT2D eigenvalue weighted by molar-refractivity contribution is 0.458. The Bertz CT molecular complexity index is 341. The van der Waals surface area contributed by atoms with Gasteiger partial charge < -0.3 is 9.88 Å². The van der Waals surface area contributed by atoms with Gasteiger partial charge in [0.2, 0.25) is 0 Å². The van der Waals surface area contributed by atoms with Gasteiger partial charge in [0, 0.05) is 25.0 Å². The molecule has 0 bridgehead atoms. The number of hydrogen-bond acceptors (Lipinski definition) is 2. The molecule has 1 aromatic rings.